The van der Waals surface area contributed by atoms with Crippen LogP contribution in [0.25, 0.3) is 0 Å². The van der Waals surface area contributed by atoms with Crippen LogP contribution in [-0.2, 0) is 18.8 Å². The second-order valence-electron chi connectivity index (χ2n) is 10.8. The molecule has 0 N–H and O–H groups in total. The average molecular weight is 466 g/mol. The Hall–Kier alpha value is -2.43. The van der Waals surface area contributed by atoms with E-state index in [0.717, 1.165) is 75.2 Å². The maximum Gasteiger partial charge on any atom is 0.270 e. The summed E-state index contributed by atoms with van der Waals surface area (Å²) in [6.07, 6.45) is 10.4. The fourth-order valence-corrected chi connectivity index (χ4v) is 6.35. The van der Waals surface area contributed by atoms with Crippen molar-refractivity contribution in [2.75, 3.05) is 0 Å². The lowest BCUT2D eigenvalue weighted by molar-refractivity contribution is 0.0174. The number of carbonyl (C=O) groups excluding carboxylic acids is 2. The first-order valence-corrected chi connectivity index (χ1v) is 12.8. The SMILES string of the molecule is CCCc1c2c(nc(C3CCCC3)c1C(=O)c1ccc(C(C)(F)F)cc1)CC1(CCC1)CC2=O. The molecule has 0 unspecified atom stereocenters. The van der Waals surface area contributed by atoms with Crippen molar-refractivity contribution < 1.29 is 18.4 Å². The largest absolute Gasteiger partial charge is 0.294 e. The normalized spacial score (nSPS) is 19.8. The molecule has 1 aromatic heterocycles. The van der Waals surface area contributed by atoms with Gasteiger partial charge in [0.05, 0.1) is 11.4 Å². The standard InChI is InChI=1S/C29H33F2NO2/c1-3-7-21-24-22(16-29(14-6-15-29)17-23(24)33)32-26(18-8-4-5-9-18)25(21)27(34)19-10-12-20(13-11-19)28(2,30)31/h10-13,18H,3-9,14-17H2,1-2H3. The maximum absolute atomic E-state index is 13.9. The highest BCUT2D eigenvalue weighted by molar-refractivity contribution is 6.13. The number of benzene rings is 1. The van der Waals surface area contributed by atoms with Crippen LogP contribution in [0, 0.1) is 5.41 Å². The van der Waals surface area contributed by atoms with E-state index in [1.807, 2.05) is 0 Å². The van der Waals surface area contributed by atoms with E-state index in [-0.39, 0.29) is 28.5 Å². The molecule has 0 saturated heterocycles. The molecule has 1 heterocycles. The Morgan fingerprint density at radius 2 is 1.76 bits per heavy atom. The van der Waals surface area contributed by atoms with Crippen LogP contribution in [0.15, 0.2) is 24.3 Å². The van der Waals surface area contributed by atoms with Gasteiger partial charge in [-0.25, -0.2) is 8.78 Å². The Balaban J connectivity index is 1.66. The topological polar surface area (TPSA) is 47.0 Å². The highest BCUT2D eigenvalue weighted by atomic mass is 19.3. The van der Waals surface area contributed by atoms with Crippen LogP contribution in [0.2, 0.25) is 0 Å². The second kappa shape index (κ2) is 8.66. The highest BCUT2D eigenvalue weighted by Gasteiger charge is 2.45. The Morgan fingerprint density at radius 3 is 2.32 bits per heavy atom. The van der Waals surface area contributed by atoms with Crippen molar-refractivity contribution in [3.05, 3.63) is 63.5 Å². The summed E-state index contributed by atoms with van der Waals surface area (Å²) in [5.41, 5.74) is 4.19. The number of hydrogen-bond donors (Lipinski definition) is 0. The summed E-state index contributed by atoms with van der Waals surface area (Å²) < 4.78 is 27.5. The fraction of sp³-hybridized carbons (Fsp3) is 0.552. The van der Waals surface area contributed by atoms with Crippen molar-refractivity contribution in [3.63, 3.8) is 0 Å². The zero-order chi connectivity index (χ0) is 24.1. The summed E-state index contributed by atoms with van der Waals surface area (Å²) in [6.45, 7) is 2.92. The van der Waals surface area contributed by atoms with Gasteiger partial charge < -0.3 is 0 Å². The monoisotopic (exact) mass is 465 g/mol. The number of Topliss-reactive ketones (excluding diaryl/α,β-unsaturated/α-hetero) is 1. The summed E-state index contributed by atoms with van der Waals surface area (Å²) in [4.78, 5) is 32.5. The molecule has 3 nitrogen and oxygen atoms in total. The van der Waals surface area contributed by atoms with Crippen LogP contribution >= 0.6 is 0 Å². The third kappa shape index (κ3) is 4.01. The number of alkyl halides is 2. The number of carbonyl (C=O) groups is 2. The molecule has 3 aliphatic rings. The van der Waals surface area contributed by atoms with Gasteiger partial charge in [-0.1, -0.05) is 56.9 Å². The Morgan fingerprint density at radius 1 is 1.09 bits per heavy atom. The van der Waals surface area contributed by atoms with Crippen molar-refractivity contribution in [2.45, 2.75) is 96.3 Å². The number of aromatic nitrogens is 1. The molecule has 0 amide bonds. The van der Waals surface area contributed by atoms with E-state index in [2.05, 4.69) is 6.92 Å². The van der Waals surface area contributed by atoms with Gasteiger partial charge in [-0.15, -0.1) is 0 Å². The van der Waals surface area contributed by atoms with Crippen LogP contribution in [0.4, 0.5) is 8.78 Å². The quantitative estimate of drug-likeness (QED) is 0.420. The van der Waals surface area contributed by atoms with Gasteiger partial charge in [0.15, 0.2) is 11.6 Å². The fourth-order valence-electron chi connectivity index (χ4n) is 6.35. The van der Waals surface area contributed by atoms with Crippen molar-refractivity contribution in [1.29, 1.82) is 0 Å². The molecular formula is C29H33F2NO2. The molecule has 1 spiro atoms. The van der Waals surface area contributed by atoms with Crippen LogP contribution < -0.4 is 0 Å². The predicted octanol–water partition coefficient (Wildman–Crippen LogP) is 7.33. The molecule has 3 aliphatic carbocycles. The van der Waals surface area contributed by atoms with Gasteiger partial charge in [-0.3, -0.25) is 14.6 Å². The number of fused-ring (bicyclic) bond motifs is 1. The Bertz CT molecular complexity index is 1120. The van der Waals surface area contributed by atoms with Gasteiger partial charge in [0.1, 0.15) is 0 Å². The lowest BCUT2D eigenvalue weighted by Gasteiger charge is -2.45. The predicted molar refractivity (Wildman–Crippen MR) is 128 cm³/mol. The van der Waals surface area contributed by atoms with Gasteiger partial charge in [0.25, 0.3) is 5.92 Å². The molecule has 2 fully saturated rings. The molecule has 5 rings (SSSR count). The number of nitrogens with zero attached hydrogens (tertiary/aromatic N) is 1. The number of pyridine rings is 1. The minimum atomic E-state index is -2.96. The molecule has 5 heteroatoms. The molecule has 0 atom stereocenters. The van der Waals surface area contributed by atoms with Crippen LogP contribution in [0.3, 0.4) is 0 Å². The van der Waals surface area contributed by atoms with Gasteiger partial charge in [-0.2, -0.15) is 0 Å². The van der Waals surface area contributed by atoms with Gasteiger partial charge in [0, 0.05) is 41.5 Å². The third-order valence-corrected chi connectivity index (χ3v) is 8.30. The van der Waals surface area contributed by atoms with Crippen molar-refractivity contribution >= 4 is 11.6 Å². The van der Waals surface area contributed by atoms with E-state index in [1.54, 1.807) is 0 Å². The average Bonchev–Trinajstić information content (AvgIpc) is 3.31. The summed E-state index contributed by atoms with van der Waals surface area (Å²) in [7, 11) is 0. The van der Waals surface area contributed by atoms with Gasteiger partial charge in [0.2, 0.25) is 0 Å². The third-order valence-electron chi connectivity index (χ3n) is 8.30. The first-order chi connectivity index (χ1) is 16.2. The highest BCUT2D eigenvalue weighted by Crippen LogP contribution is 2.51. The van der Waals surface area contributed by atoms with Crippen LogP contribution in [0.5, 0.6) is 0 Å². The van der Waals surface area contributed by atoms with Crippen LogP contribution in [-0.4, -0.2) is 16.6 Å². The first kappa shape index (κ1) is 23.3. The van der Waals surface area contributed by atoms with Crippen molar-refractivity contribution in [1.82, 2.24) is 4.98 Å². The molecule has 0 radical (unpaired) electrons. The van der Waals surface area contributed by atoms with E-state index < -0.39 is 5.92 Å². The number of hydrogen-bond acceptors (Lipinski definition) is 3. The van der Waals surface area contributed by atoms with Gasteiger partial charge >= 0.3 is 0 Å². The minimum absolute atomic E-state index is 0.0697. The van der Waals surface area contributed by atoms with Gasteiger partial charge in [-0.05, 0) is 49.5 Å². The van der Waals surface area contributed by atoms with Crippen molar-refractivity contribution in [2.24, 2.45) is 5.41 Å². The summed E-state index contributed by atoms with van der Waals surface area (Å²) in [5, 5.41) is 0. The summed E-state index contributed by atoms with van der Waals surface area (Å²) >= 11 is 0. The summed E-state index contributed by atoms with van der Waals surface area (Å²) in [6, 6.07) is 5.65. The van der Waals surface area contributed by atoms with Crippen molar-refractivity contribution in [3.8, 4) is 0 Å². The Kier molecular flexibility index (Phi) is 5.94. The lowest BCUT2D eigenvalue weighted by Crippen LogP contribution is -2.40. The van der Waals surface area contributed by atoms with E-state index in [0.29, 0.717) is 29.5 Å². The molecule has 0 aliphatic heterocycles. The molecule has 2 saturated carbocycles. The molecule has 2 aromatic rings. The molecule has 0 bridgehead atoms. The van der Waals surface area contributed by atoms with E-state index in [9.17, 15) is 18.4 Å². The second-order valence-corrected chi connectivity index (χ2v) is 10.8. The lowest BCUT2D eigenvalue weighted by atomic mass is 9.59. The Labute approximate surface area is 200 Å². The van der Waals surface area contributed by atoms with E-state index in [1.165, 1.54) is 30.7 Å². The number of ketones is 2. The first-order valence-electron chi connectivity index (χ1n) is 12.8. The van der Waals surface area contributed by atoms with Crippen LogP contribution in [0.1, 0.15) is 126 Å². The number of halogens is 2. The summed E-state index contributed by atoms with van der Waals surface area (Å²) in [5.74, 6) is -2.80. The van der Waals surface area contributed by atoms with E-state index in [4.69, 9.17) is 4.98 Å². The molecule has 1 aromatic carbocycles. The molecular weight excluding hydrogens is 432 g/mol. The number of rotatable bonds is 6. The minimum Gasteiger partial charge on any atom is -0.294 e. The zero-order valence-electron chi connectivity index (χ0n) is 20.2. The smallest absolute Gasteiger partial charge is 0.270 e. The van der Waals surface area contributed by atoms with E-state index >= 15 is 0 Å². The maximum atomic E-state index is 13.9. The molecule has 34 heavy (non-hydrogen) atoms. The zero-order valence-corrected chi connectivity index (χ0v) is 20.2. The molecule has 180 valence electrons.